The van der Waals surface area contributed by atoms with Crippen molar-refractivity contribution in [3.63, 3.8) is 0 Å². The van der Waals surface area contributed by atoms with Crippen LogP contribution in [-0.2, 0) is 22.4 Å². The zero-order valence-electron chi connectivity index (χ0n) is 25.7. The van der Waals surface area contributed by atoms with E-state index in [0.717, 1.165) is 41.5 Å². The van der Waals surface area contributed by atoms with Gasteiger partial charge in [-0.15, -0.1) is 0 Å². The molecule has 2 heteroatoms. The normalized spacial score (nSPS) is 12.1. The lowest BCUT2D eigenvalue weighted by Gasteiger charge is -2.17. The number of ketones is 2. The number of benzene rings is 4. The Hall–Kier alpha value is -3.78. The van der Waals surface area contributed by atoms with Gasteiger partial charge in [0.05, 0.1) is 11.8 Å². The summed E-state index contributed by atoms with van der Waals surface area (Å²) in [5, 5.41) is 0. The van der Waals surface area contributed by atoms with Gasteiger partial charge in [0.2, 0.25) is 0 Å². The van der Waals surface area contributed by atoms with Gasteiger partial charge in [0, 0.05) is 0 Å². The maximum atomic E-state index is 12.2. The SMILES string of the molecule is CCCCc1ccc(C(C(C)=O)c2ccccc2C)cc1.CCCc1ccc(C(C(C)=O)c2ccc(C)cc2)cc1. The molecule has 4 rings (SSSR count). The highest BCUT2D eigenvalue weighted by Crippen LogP contribution is 2.29. The van der Waals surface area contributed by atoms with E-state index < -0.39 is 0 Å². The van der Waals surface area contributed by atoms with Crippen molar-refractivity contribution in [2.24, 2.45) is 0 Å². The van der Waals surface area contributed by atoms with E-state index in [0.29, 0.717) is 0 Å². The zero-order chi connectivity index (χ0) is 29.8. The Labute approximate surface area is 247 Å². The molecular weight excluding hydrogens is 500 g/mol. The van der Waals surface area contributed by atoms with Crippen LogP contribution in [0.5, 0.6) is 0 Å². The monoisotopic (exact) mass is 546 g/mol. The molecule has 0 heterocycles. The van der Waals surface area contributed by atoms with Crippen molar-refractivity contribution in [1.29, 1.82) is 0 Å². The minimum atomic E-state index is -0.147. The van der Waals surface area contributed by atoms with Gasteiger partial charge in [-0.3, -0.25) is 9.59 Å². The van der Waals surface area contributed by atoms with Crippen molar-refractivity contribution in [3.8, 4) is 0 Å². The number of rotatable bonds is 11. The van der Waals surface area contributed by atoms with Crippen molar-refractivity contribution in [2.75, 3.05) is 0 Å². The van der Waals surface area contributed by atoms with E-state index >= 15 is 0 Å². The maximum absolute atomic E-state index is 12.2. The Morgan fingerprint density at radius 3 is 1.49 bits per heavy atom. The number of carbonyl (C=O) groups excluding carboxylic acids is 2. The topological polar surface area (TPSA) is 34.1 Å². The van der Waals surface area contributed by atoms with Gasteiger partial charge in [-0.05, 0) is 85.9 Å². The quantitative estimate of drug-likeness (QED) is 0.188. The molecule has 0 saturated carbocycles. The van der Waals surface area contributed by atoms with Crippen LogP contribution in [0.1, 0.15) is 103 Å². The summed E-state index contributed by atoms with van der Waals surface area (Å²) in [7, 11) is 0. The average molecular weight is 547 g/mol. The van der Waals surface area contributed by atoms with Crippen LogP contribution < -0.4 is 0 Å². The number of carbonyl (C=O) groups is 2. The van der Waals surface area contributed by atoms with Crippen molar-refractivity contribution < 1.29 is 9.59 Å². The predicted octanol–water partition coefficient (Wildman–Crippen LogP) is 9.73. The first-order valence-electron chi connectivity index (χ1n) is 15.1. The molecular formula is C39H46O2. The van der Waals surface area contributed by atoms with Gasteiger partial charge in [0.1, 0.15) is 11.6 Å². The third-order valence-electron chi connectivity index (χ3n) is 7.71. The molecule has 4 aromatic rings. The van der Waals surface area contributed by atoms with Crippen LogP contribution >= 0.6 is 0 Å². The first-order valence-corrected chi connectivity index (χ1v) is 15.1. The van der Waals surface area contributed by atoms with Crippen LogP contribution in [0.25, 0.3) is 0 Å². The van der Waals surface area contributed by atoms with Crippen molar-refractivity contribution in [1.82, 2.24) is 0 Å². The van der Waals surface area contributed by atoms with Gasteiger partial charge in [-0.25, -0.2) is 0 Å². The molecule has 2 unspecified atom stereocenters. The summed E-state index contributed by atoms with van der Waals surface area (Å²) in [4.78, 5) is 24.2. The zero-order valence-corrected chi connectivity index (χ0v) is 25.7. The molecule has 4 aromatic carbocycles. The summed E-state index contributed by atoms with van der Waals surface area (Å²) in [5.41, 5.74) is 9.45. The lowest BCUT2D eigenvalue weighted by atomic mass is 9.85. The van der Waals surface area contributed by atoms with Crippen LogP contribution in [0.3, 0.4) is 0 Å². The number of hydrogen-bond acceptors (Lipinski definition) is 2. The molecule has 0 bridgehead atoms. The van der Waals surface area contributed by atoms with E-state index in [1.54, 1.807) is 13.8 Å². The van der Waals surface area contributed by atoms with Gasteiger partial charge < -0.3 is 0 Å². The summed E-state index contributed by atoms with van der Waals surface area (Å²) in [6.07, 6.45) is 5.78. The second-order valence-electron chi connectivity index (χ2n) is 11.2. The van der Waals surface area contributed by atoms with Crippen molar-refractivity contribution >= 4 is 11.6 Å². The van der Waals surface area contributed by atoms with E-state index in [2.05, 4.69) is 113 Å². The average Bonchev–Trinajstić information content (AvgIpc) is 2.96. The second kappa shape index (κ2) is 15.9. The van der Waals surface area contributed by atoms with Crippen LogP contribution in [-0.4, -0.2) is 11.6 Å². The molecule has 0 aliphatic rings. The Morgan fingerprint density at radius 1 is 0.561 bits per heavy atom. The molecule has 41 heavy (non-hydrogen) atoms. The van der Waals surface area contributed by atoms with Gasteiger partial charge in [0.15, 0.2) is 0 Å². The second-order valence-corrected chi connectivity index (χ2v) is 11.2. The van der Waals surface area contributed by atoms with E-state index in [1.165, 1.54) is 35.1 Å². The number of hydrogen-bond donors (Lipinski definition) is 0. The smallest absolute Gasteiger partial charge is 0.141 e. The molecule has 0 fully saturated rings. The number of Topliss-reactive ketones (excluding diaryl/α,β-unsaturated/α-hetero) is 2. The number of aryl methyl sites for hydroxylation is 4. The Morgan fingerprint density at radius 2 is 1.02 bits per heavy atom. The molecule has 0 aliphatic heterocycles. The summed E-state index contributed by atoms with van der Waals surface area (Å²) in [6.45, 7) is 11.9. The highest BCUT2D eigenvalue weighted by Gasteiger charge is 2.21. The number of unbranched alkanes of at least 4 members (excludes halogenated alkanes) is 1. The summed E-state index contributed by atoms with van der Waals surface area (Å²) in [6, 6.07) is 33.4. The minimum absolute atomic E-state index is 0.147. The van der Waals surface area contributed by atoms with Crippen LogP contribution in [0.15, 0.2) is 97.1 Å². The Balaban J connectivity index is 0.000000226. The maximum Gasteiger partial charge on any atom is 0.141 e. The summed E-state index contributed by atoms with van der Waals surface area (Å²) in [5.74, 6) is 0.0976. The van der Waals surface area contributed by atoms with E-state index in [-0.39, 0.29) is 23.4 Å². The lowest BCUT2D eigenvalue weighted by Crippen LogP contribution is -2.12. The third kappa shape index (κ3) is 9.11. The highest BCUT2D eigenvalue weighted by molar-refractivity contribution is 5.87. The largest absolute Gasteiger partial charge is 0.299 e. The molecule has 0 radical (unpaired) electrons. The summed E-state index contributed by atoms with van der Waals surface area (Å²) < 4.78 is 0. The van der Waals surface area contributed by atoms with E-state index in [9.17, 15) is 9.59 Å². The fraction of sp³-hybridized carbons (Fsp3) is 0.333. The molecule has 0 N–H and O–H groups in total. The predicted molar refractivity (Wildman–Crippen MR) is 173 cm³/mol. The van der Waals surface area contributed by atoms with Crippen molar-refractivity contribution in [3.05, 3.63) is 142 Å². The van der Waals surface area contributed by atoms with Gasteiger partial charge in [-0.1, -0.05) is 129 Å². The molecule has 0 amide bonds. The van der Waals surface area contributed by atoms with Crippen LogP contribution in [0, 0.1) is 13.8 Å². The van der Waals surface area contributed by atoms with E-state index in [4.69, 9.17) is 0 Å². The van der Waals surface area contributed by atoms with Gasteiger partial charge >= 0.3 is 0 Å². The summed E-state index contributed by atoms with van der Waals surface area (Å²) >= 11 is 0. The fourth-order valence-corrected chi connectivity index (χ4v) is 5.39. The molecule has 2 nitrogen and oxygen atoms in total. The highest BCUT2D eigenvalue weighted by atomic mass is 16.1. The molecule has 2 atom stereocenters. The fourth-order valence-electron chi connectivity index (χ4n) is 5.39. The molecule has 0 spiro atoms. The first kappa shape index (κ1) is 31.7. The Kier molecular flexibility index (Phi) is 12.3. The lowest BCUT2D eigenvalue weighted by molar-refractivity contribution is -0.118. The van der Waals surface area contributed by atoms with Gasteiger partial charge in [0.25, 0.3) is 0 Å². The first-order chi connectivity index (χ1) is 19.7. The van der Waals surface area contributed by atoms with Crippen molar-refractivity contribution in [2.45, 2.75) is 85.5 Å². The Bertz CT molecular complexity index is 1380. The third-order valence-corrected chi connectivity index (χ3v) is 7.71. The molecule has 0 saturated heterocycles. The minimum Gasteiger partial charge on any atom is -0.299 e. The molecule has 0 aliphatic carbocycles. The molecule has 0 aromatic heterocycles. The molecule has 214 valence electrons. The van der Waals surface area contributed by atoms with E-state index in [1.807, 2.05) is 12.1 Å². The standard InChI is InChI=1S/C20H24O.C19H22O/c1-4-5-9-17-11-13-18(14-12-17)20(16(3)21)19-10-7-6-8-15(19)2;1-4-5-16-8-12-18(13-9-16)19(15(3)20)17-10-6-14(2)7-11-17/h6-8,10-14,20H,4-5,9H2,1-3H3;6-13,19H,4-5H2,1-3H3. The van der Waals surface area contributed by atoms with Crippen LogP contribution in [0.4, 0.5) is 0 Å². The van der Waals surface area contributed by atoms with Crippen LogP contribution in [0.2, 0.25) is 0 Å². The van der Waals surface area contributed by atoms with Gasteiger partial charge in [-0.2, -0.15) is 0 Å².